The molecule has 0 fully saturated rings. The summed E-state index contributed by atoms with van der Waals surface area (Å²) in [6.45, 7) is 0. The number of rotatable bonds is 0. The van der Waals surface area contributed by atoms with Crippen LogP contribution in [0.5, 0.6) is 0 Å². The van der Waals surface area contributed by atoms with Crippen molar-refractivity contribution in [3.63, 3.8) is 0 Å². The summed E-state index contributed by atoms with van der Waals surface area (Å²) in [7, 11) is 0. The van der Waals surface area contributed by atoms with Crippen LogP contribution in [0.3, 0.4) is 0 Å². The van der Waals surface area contributed by atoms with E-state index in [1.165, 1.54) is 0 Å². The van der Waals surface area contributed by atoms with Crippen molar-refractivity contribution in [3.8, 4) is 0 Å². The molecule has 0 aliphatic rings. The molecule has 0 aliphatic heterocycles. The maximum atomic E-state index is 4.76. The van der Waals surface area contributed by atoms with Crippen molar-refractivity contribution in [1.82, 2.24) is 0 Å². The number of hydrogen-bond acceptors (Lipinski definition) is 0. The fourth-order valence-corrected chi connectivity index (χ4v) is 0. The Morgan fingerprint density at radius 3 is 1.14 bits per heavy atom. The second kappa shape index (κ2) is 11.7. The third-order valence-electron chi connectivity index (χ3n) is 0. The summed E-state index contributed by atoms with van der Waals surface area (Å²) >= 11 is 18.3. The van der Waals surface area contributed by atoms with Crippen molar-refractivity contribution in [2.24, 2.45) is 0 Å². The first-order chi connectivity index (χ1) is 3.15. The predicted octanol–water partition coefficient (Wildman–Crippen LogP) is 3.58. The van der Waals surface area contributed by atoms with Gasteiger partial charge >= 0.3 is 51.4 Å². The Kier molecular flexibility index (Phi) is 21.0. The Morgan fingerprint density at radius 2 is 1.14 bits per heavy atom. The van der Waals surface area contributed by atoms with Crippen molar-refractivity contribution in [2.75, 3.05) is 5.34 Å². The van der Waals surface area contributed by atoms with Gasteiger partial charge in [0.25, 0.3) is 0 Å². The van der Waals surface area contributed by atoms with Crippen LogP contribution < -0.4 is 0 Å². The van der Waals surface area contributed by atoms with E-state index in [1.54, 1.807) is 0 Å². The Bertz CT molecular complexity index is 24.1. The van der Waals surface area contributed by atoms with Gasteiger partial charge in [-0.05, 0) is 0 Å². The summed E-state index contributed by atoms with van der Waals surface area (Å²) in [5, 5.41) is 0.194. The molecule has 0 radical (unpaired) electrons. The van der Waals surface area contributed by atoms with E-state index in [1.807, 2.05) is 0 Å². The first-order valence-corrected chi connectivity index (χ1v) is 24.7. The van der Waals surface area contributed by atoms with E-state index in [9.17, 15) is 0 Å². The minimum absolute atomic E-state index is 0.194. The summed E-state index contributed by atoms with van der Waals surface area (Å²) in [5.74, 6) is 0. The van der Waals surface area contributed by atoms with E-state index in [2.05, 4.69) is 36.7 Å². The average Bonchev–Trinajstić information content (AvgIpc) is 1.33. The molecule has 0 aromatic carbocycles. The molecule has 7 heavy (non-hydrogen) atoms. The molecule has 0 aliphatic carbocycles. The molecular weight excluding hydrogens is 532 g/mol. The van der Waals surface area contributed by atoms with E-state index < -0.39 is 14.7 Å². The topological polar surface area (TPSA) is 0 Å². The molecule has 0 rings (SSSR count). The average molecular weight is 534 g/mol. The normalized spacial score (nSPS) is 7.71. The standard InChI is InChI=1S/CH2Cl2.Bi.3BrH/c2-1-3;;;;/h1H2;;3*1H/q;+3;;;/p-3. The summed E-state index contributed by atoms with van der Waals surface area (Å²) in [6, 6.07) is 0. The van der Waals surface area contributed by atoms with E-state index in [0.717, 1.165) is 0 Å². The molecule has 0 nitrogen and oxygen atoms in total. The molecule has 0 aromatic heterocycles. The van der Waals surface area contributed by atoms with Crippen LogP contribution in [0.1, 0.15) is 0 Å². The molecule has 46 valence electrons. The SMILES string of the molecule is ClCCl.[Br][Bi]([Br])[Br]. The Labute approximate surface area is 78.3 Å². The second-order valence-electron chi connectivity index (χ2n) is 0.293. The van der Waals surface area contributed by atoms with Crippen LogP contribution in [-0.2, 0) is 0 Å². The van der Waals surface area contributed by atoms with Crippen molar-refractivity contribution in [2.45, 2.75) is 0 Å². The van der Waals surface area contributed by atoms with Crippen LogP contribution in [0.25, 0.3) is 0 Å². The van der Waals surface area contributed by atoms with Gasteiger partial charge in [-0.1, -0.05) is 0 Å². The summed E-state index contributed by atoms with van der Waals surface area (Å²) in [6.07, 6.45) is 0. The molecule has 0 N–H and O–H groups in total. The molecular formula is CH2BiBr3Cl2. The van der Waals surface area contributed by atoms with Gasteiger partial charge in [0.2, 0.25) is 0 Å². The van der Waals surface area contributed by atoms with Crippen LogP contribution >= 0.6 is 59.9 Å². The number of hydrogen-bond donors (Lipinski definition) is 0. The molecule has 0 atom stereocenters. The first kappa shape index (κ1) is 12.6. The Balaban J connectivity index is 0. The molecule has 0 unspecified atom stereocenters. The van der Waals surface area contributed by atoms with Crippen molar-refractivity contribution in [1.29, 1.82) is 0 Å². The van der Waals surface area contributed by atoms with Crippen LogP contribution in [-0.4, -0.2) is 20.0 Å². The second-order valence-corrected chi connectivity index (χ2v) is 46.3. The van der Waals surface area contributed by atoms with E-state index in [-0.39, 0.29) is 5.34 Å². The zero-order chi connectivity index (χ0) is 6.28. The zero-order valence-corrected chi connectivity index (χ0v) is 12.8. The van der Waals surface area contributed by atoms with Gasteiger partial charge in [-0.3, -0.25) is 0 Å². The first-order valence-electron chi connectivity index (χ1n) is 1.04. The van der Waals surface area contributed by atoms with E-state index >= 15 is 0 Å². The van der Waals surface area contributed by atoms with E-state index in [0.29, 0.717) is 0 Å². The van der Waals surface area contributed by atoms with Crippen LogP contribution in [0, 0.1) is 0 Å². The zero-order valence-electron chi connectivity index (χ0n) is 3.04. The molecule has 0 saturated carbocycles. The molecule has 0 aromatic rings. The van der Waals surface area contributed by atoms with Crippen LogP contribution in [0.2, 0.25) is 0 Å². The molecule has 6 heteroatoms. The van der Waals surface area contributed by atoms with Gasteiger partial charge in [0.1, 0.15) is 0 Å². The van der Waals surface area contributed by atoms with Crippen molar-refractivity contribution >= 4 is 74.6 Å². The number of halogens is 5. The van der Waals surface area contributed by atoms with Gasteiger partial charge in [-0.25, -0.2) is 0 Å². The molecule has 0 amide bonds. The van der Waals surface area contributed by atoms with Crippen LogP contribution in [0.15, 0.2) is 0 Å². The monoisotopic (exact) mass is 530 g/mol. The van der Waals surface area contributed by atoms with Gasteiger partial charge in [-0.15, -0.1) is 23.2 Å². The molecule has 0 bridgehead atoms. The predicted molar refractivity (Wildman–Crippen MR) is 49.1 cm³/mol. The summed E-state index contributed by atoms with van der Waals surface area (Å²) in [5.41, 5.74) is 0. The molecule has 0 saturated heterocycles. The minimum atomic E-state index is -1.16. The molecule has 0 spiro atoms. The summed E-state index contributed by atoms with van der Waals surface area (Å²) < 4.78 is 0. The molecule has 0 heterocycles. The summed E-state index contributed by atoms with van der Waals surface area (Å²) in [4.78, 5) is 0. The van der Waals surface area contributed by atoms with Crippen molar-refractivity contribution in [3.05, 3.63) is 0 Å². The third kappa shape index (κ3) is 50.3. The fraction of sp³-hybridized carbons (Fsp3) is 1.00. The van der Waals surface area contributed by atoms with Crippen LogP contribution in [0.4, 0.5) is 0 Å². The Morgan fingerprint density at radius 1 is 1.14 bits per heavy atom. The number of alkyl halides is 2. The Hall–Kier alpha value is 2.90. The van der Waals surface area contributed by atoms with Crippen molar-refractivity contribution < 1.29 is 0 Å². The van der Waals surface area contributed by atoms with Gasteiger partial charge in [0.15, 0.2) is 0 Å². The fourth-order valence-electron chi connectivity index (χ4n) is 0. The maximum absolute atomic E-state index is 4.76. The van der Waals surface area contributed by atoms with Gasteiger partial charge in [-0.2, -0.15) is 0 Å². The van der Waals surface area contributed by atoms with Gasteiger partial charge in [0, 0.05) is 0 Å². The van der Waals surface area contributed by atoms with Gasteiger partial charge in [0.05, 0.1) is 5.34 Å². The van der Waals surface area contributed by atoms with E-state index in [4.69, 9.17) is 23.2 Å². The van der Waals surface area contributed by atoms with Gasteiger partial charge < -0.3 is 0 Å². The third-order valence-corrected chi connectivity index (χ3v) is 0. The quantitative estimate of drug-likeness (QED) is 0.330.